The first-order valence-electron chi connectivity index (χ1n) is 4.54. The summed E-state index contributed by atoms with van der Waals surface area (Å²) in [4.78, 5) is 19.2. The Kier molecular flexibility index (Phi) is 3.90. The molecule has 92 valence electrons. The van der Waals surface area contributed by atoms with E-state index in [2.05, 4.69) is 25.5 Å². The van der Waals surface area contributed by atoms with Crippen molar-refractivity contribution in [3.05, 3.63) is 39.6 Å². The van der Waals surface area contributed by atoms with E-state index in [1.54, 1.807) is 0 Å². The SMILES string of the molecule is O=C(Nc1c(Cl)ncnc1Cl)c1ccc(Cl)nn1. The molecule has 2 aromatic rings. The maximum Gasteiger partial charge on any atom is 0.276 e. The summed E-state index contributed by atoms with van der Waals surface area (Å²) in [5, 5.41) is 9.85. The van der Waals surface area contributed by atoms with Crippen LogP contribution in [0.3, 0.4) is 0 Å². The Balaban J connectivity index is 2.24. The number of anilines is 1. The highest BCUT2D eigenvalue weighted by molar-refractivity contribution is 6.38. The lowest BCUT2D eigenvalue weighted by atomic mass is 10.3. The number of amides is 1. The zero-order valence-electron chi connectivity index (χ0n) is 8.56. The van der Waals surface area contributed by atoms with Crippen molar-refractivity contribution >= 4 is 46.4 Å². The molecule has 2 aromatic heterocycles. The zero-order chi connectivity index (χ0) is 13.1. The van der Waals surface area contributed by atoms with Crippen molar-refractivity contribution in [2.24, 2.45) is 0 Å². The Bertz CT molecular complexity index is 569. The molecule has 1 amide bonds. The highest BCUT2D eigenvalue weighted by Crippen LogP contribution is 2.25. The molecule has 1 N–H and O–H groups in total. The van der Waals surface area contributed by atoms with Gasteiger partial charge >= 0.3 is 0 Å². The molecule has 0 saturated heterocycles. The van der Waals surface area contributed by atoms with Crippen molar-refractivity contribution in [3.63, 3.8) is 0 Å². The molecule has 0 fully saturated rings. The minimum absolute atomic E-state index is 0.0327. The van der Waals surface area contributed by atoms with Gasteiger partial charge in [-0.25, -0.2) is 9.97 Å². The largest absolute Gasteiger partial charge is 0.315 e. The summed E-state index contributed by atoms with van der Waals surface area (Å²) >= 11 is 17.1. The molecule has 0 aliphatic rings. The lowest BCUT2D eigenvalue weighted by Crippen LogP contribution is -2.15. The highest BCUT2D eigenvalue weighted by Gasteiger charge is 2.14. The van der Waals surface area contributed by atoms with Crippen molar-refractivity contribution in [1.29, 1.82) is 0 Å². The van der Waals surface area contributed by atoms with Crippen molar-refractivity contribution in [2.75, 3.05) is 5.32 Å². The Morgan fingerprint density at radius 1 is 1.06 bits per heavy atom. The number of halogens is 3. The second kappa shape index (κ2) is 5.43. The van der Waals surface area contributed by atoms with Crippen LogP contribution in [0.25, 0.3) is 0 Å². The molecule has 0 radical (unpaired) electrons. The summed E-state index contributed by atoms with van der Waals surface area (Å²) in [6.07, 6.45) is 1.18. The van der Waals surface area contributed by atoms with Crippen LogP contribution < -0.4 is 5.32 Å². The summed E-state index contributed by atoms with van der Waals surface area (Å²) < 4.78 is 0. The number of aromatic nitrogens is 4. The van der Waals surface area contributed by atoms with Gasteiger partial charge in [-0.2, -0.15) is 0 Å². The third-order valence-corrected chi connectivity index (χ3v) is 2.63. The van der Waals surface area contributed by atoms with E-state index in [0.717, 1.165) is 0 Å². The van der Waals surface area contributed by atoms with Crippen LogP contribution in [0.4, 0.5) is 5.69 Å². The Hall–Kier alpha value is -1.50. The van der Waals surface area contributed by atoms with Gasteiger partial charge in [0, 0.05) is 0 Å². The maximum absolute atomic E-state index is 11.8. The molecule has 2 rings (SSSR count). The molecule has 0 aliphatic carbocycles. The van der Waals surface area contributed by atoms with Gasteiger partial charge in [-0.3, -0.25) is 4.79 Å². The summed E-state index contributed by atoms with van der Waals surface area (Å²) in [6, 6.07) is 2.85. The Morgan fingerprint density at radius 3 is 2.28 bits per heavy atom. The monoisotopic (exact) mass is 303 g/mol. The predicted molar refractivity (Wildman–Crippen MR) is 67.0 cm³/mol. The first kappa shape index (κ1) is 12.9. The summed E-state index contributed by atoms with van der Waals surface area (Å²) in [6.45, 7) is 0. The summed E-state index contributed by atoms with van der Waals surface area (Å²) in [7, 11) is 0. The van der Waals surface area contributed by atoms with Gasteiger partial charge in [-0.05, 0) is 12.1 Å². The normalized spacial score (nSPS) is 10.2. The van der Waals surface area contributed by atoms with Gasteiger partial charge in [0.1, 0.15) is 12.0 Å². The van der Waals surface area contributed by atoms with Crippen molar-refractivity contribution in [3.8, 4) is 0 Å². The smallest absolute Gasteiger partial charge is 0.276 e. The van der Waals surface area contributed by atoms with E-state index >= 15 is 0 Å². The van der Waals surface area contributed by atoms with Crippen LogP contribution >= 0.6 is 34.8 Å². The maximum atomic E-state index is 11.8. The Labute approximate surface area is 116 Å². The second-order valence-corrected chi connectivity index (χ2v) is 4.13. The van der Waals surface area contributed by atoms with Crippen LogP contribution in [-0.2, 0) is 0 Å². The van der Waals surface area contributed by atoms with E-state index in [4.69, 9.17) is 34.8 Å². The van der Waals surface area contributed by atoms with E-state index in [0.29, 0.717) is 0 Å². The fraction of sp³-hybridized carbons (Fsp3) is 0. The molecule has 0 atom stereocenters. The summed E-state index contributed by atoms with van der Waals surface area (Å²) in [5.41, 5.74) is 0.179. The molecule has 0 saturated carbocycles. The molecule has 18 heavy (non-hydrogen) atoms. The average molecular weight is 305 g/mol. The van der Waals surface area contributed by atoms with Gasteiger partial charge in [0.25, 0.3) is 5.91 Å². The van der Waals surface area contributed by atoms with Crippen molar-refractivity contribution < 1.29 is 4.79 Å². The number of rotatable bonds is 2. The molecule has 2 heterocycles. The second-order valence-electron chi connectivity index (χ2n) is 3.03. The number of carbonyl (C=O) groups excluding carboxylic acids is 1. The predicted octanol–water partition coefficient (Wildman–Crippen LogP) is 2.48. The molecule has 0 bridgehead atoms. The van der Waals surface area contributed by atoms with Gasteiger partial charge in [0.05, 0.1) is 0 Å². The minimum Gasteiger partial charge on any atom is -0.315 e. The lowest BCUT2D eigenvalue weighted by Gasteiger charge is -2.06. The van der Waals surface area contributed by atoms with Crippen molar-refractivity contribution in [1.82, 2.24) is 20.2 Å². The number of nitrogens with one attached hydrogen (secondary N) is 1. The molecule has 0 aromatic carbocycles. The van der Waals surface area contributed by atoms with E-state index in [-0.39, 0.29) is 26.8 Å². The number of nitrogens with zero attached hydrogens (tertiary/aromatic N) is 4. The number of hydrogen-bond acceptors (Lipinski definition) is 5. The fourth-order valence-corrected chi connectivity index (χ4v) is 1.57. The van der Waals surface area contributed by atoms with Crippen LogP contribution in [0, 0.1) is 0 Å². The van der Waals surface area contributed by atoms with Gasteiger partial charge in [-0.1, -0.05) is 34.8 Å². The molecule has 9 heteroatoms. The lowest BCUT2D eigenvalue weighted by molar-refractivity contribution is 0.102. The third-order valence-electron chi connectivity index (χ3n) is 1.86. The highest BCUT2D eigenvalue weighted by atomic mass is 35.5. The topological polar surface area (TPSA) is 80.7 Å². The average Bonchev–Trinajstić information content (AvgIpc) is 2.34. The van der Waals surface area contributed by atoms with Crippen LogP contribution in [0.5, 0.6) is 0 Å². The minimum atomic E-state index is -0.544. The van der Waals surface area contributed by atoms with Crippen LogP contribution in [0.1, 0.15) is 10.5 Å². The molecular weight excluding hydrogens is 300 g/mol. The quantitative estimate of drug-likeness (QED) is 0.862. The Morgan fingerprint density at radius 2 is 1.72 bits per heavy atom. The van der Waals surface area contributed by atoms with Gasteiger partial charge in [-0.15, -0.1) is 10.2 Å². The van der Waals surface area contributed by atoms with Gasteiger partial charge in [0.2, 0.25) is 0 Å². The number of hydrogen-bond donors (Lipinski definition) is 1. The molecular formula is C9H4Cl3N5O. The molecule has 6 nitrogen and oxygen atoms in total. The van der Waals surface area contributed by atoms with Gasteiger partial charge < -0.3 is 5.32 Å². The van der Waals surface area contributed by atoms with Crippen LogP contribution in [0.2, 0.25) is 15.5 Å². The van der Waals surface area contributed by atoms with E-state index in [9.17, 15) is 4.79 Å². The fourth-order valence-electron chi connectivity index (χ4n) is 1.06. The van der Waals surface area contributed by atoms with E-state index < -0.39 is 5.91 Å². The third kappa shape index (κ3) is 2.84. The van der Waals surface area contributed by atoms with Crippen LogP contribution in [-0.4, -0.2) is 26.1 Å². The standard InChI is InChI=1S/C9H4Cl3N5O/c10-5-2-1-4(16-17-5)9(18)15-6-7(11)13-3-14-8(6)12/h1-3H,(H,15,18). The van der Waals surface area contributed by atoms with Gasteiger partial charge in [0.15, 0.2) is 21.2 Å². The summed E-state index contributed by atoms with van der Waals surface area (Å²) in [5.74, 6) is -0.544. The van der Waals surface area contributed by atoms with E-state index in [1.807, 2.05) is 0 Å². The molecule has 0 unspecified atom stereocenters. The number of carbonyl (C=O) groups is 1. The zero-order valence-corrected chi connectivity index (χ0v) is 10.8. The first-order valence-corrected chi connectivity index (χ1v) is 5.68. The van der Waals surface area contributed by atoms with E-state index in [1.165, 1.54) is 18.5 Å². The molecule has 0 aliphatic heterocycles. The van der Waals surface area contributed by atoms with Crippen molar-refractivity contribution in [2.45, 2.75) is 0 Å². The molecule has 0 spiro atoms. The first-order chi connectivity index (χ1) is 8.58. The van der Waals surface area contributed by atoms with Crippen LogP contribution in [0.15, 0.2) is 18.5 Å².